The number of allylic oxidation sites excluding steroid dienone is 4. The molecule has 4 rings (SSSR count). The summed E-state index contributed by atoms with van der Waals surface area (Å²) in [6, 6.07) is 30.6. The molecule has 0 heterocycles. The topological polar surface area (TPSA) is 91.3 Å². The van der Waals surface area contributed by atoms with Crippen LogP contribution in [0.25, 0.3) is 0 Å². The number of hydrogen-bond acceptors (Lipinski definition) is 6. The van der Waals surface area contributed by atoms with Gasteiger partial charge in [-0.25, -0.2) is 4.79 Å². The number of benzene rings is 4. The number of esters is 1. The van der Waals surface area contributed by atoms with Gasteiger partial charge >= 0.3 is 11.9 Å². The van der Waals surface area contributed by atoms with Crippen LogP contribution in [0.4, 0.5) is 0 Å². The molecule has 0 aliphatic carbocycles. The van der Waals surface area contributed by atoms with E-state index < -0.39 is 11.9 Å². The lowest BCUT2D eigenvalue weighted by Gasteiger charge is -2.15. The smallest absolute Gasteiger partial charge is 0.342 e. The van der Waals surface area contributed by atoms with Crippen molar-refractivity contribution < 1.29 is 33.6 Å². The summed E-state index contributed by atoms with van der Waals surface area (Å²) in [4.78, 5) is 23.2. The van der Waals surface area contributed by atoms with E-state index in [9.17, 15) is 9.59 Å². The molecule has 0 spiro atoms. The summed E-state index contributed by atoms with van der Waals surface area (Å²) in [5.41, 5.74) is 5.01. The van der Waals surface area contributed by atoms with Gasteiger partial charge in [0.05, 0.1) is 0 Å². The molecule has 0 fully saturated rings. The van der Waals surface area contributed by atoms with E-state index in [1.165, 1.54) is 0 Å². The molecule has 0 amide bonds. The number of unbranched alkanes of at least 4 members (excludes halogenated alkanes) is 1. The number of hydrogen-bond donors (Lipinski definition) is 1. The molecule has 0 radical (unpaired) electrons. The normalized spacial score (nSPS) is 10.6. The zero-order valence-corrected chi connectivity index (χ0v) is 28.9. The maximum absolute atomic E-state index is 13.2. The van der Waals surface area contributed by atoms with Crippen LogP contribution in [0.15, 0.2) is 146 Å². The molecule has 0 bridgehead atoms. The lowest BCUT2D eigenvalue weighted by molar-refractivity contribution is -0.137. The van der Waals surface area contributed by atoms with Crippen LogP contribution in [0.3, 0.4) is 0 Å². The van der Waals surface area contributed by atoms with Crippen molar-refractivity contribution in [2.45, 2.75) is 52.9 Å². The van der Waals surface area contributed by atoms with Gasteiger partial charge in [-0.1, -0.05) is 110 Å². The van der Waals surface area contributed by atoms with E-state index in [4.69, 9.17) is 24.1 Å². The van der Waals surface area contributed by atoms with Gasteiger partial charge in [-0.15, -0.1) is 0 Å². The Morgan fingerprint density at radius 1 is 0.800 bits per heavy atom. The van der Waals surface area contributed by atoms with Crippen molar-refractivity contribution in [2.75, 3.05) is 6.61 Å². The summed E-state index contributed by atoms with van der Waals surface area (Å²) in [5, 5.41) is 8.19. The van der Waals surface area contributed by atoms with Crippen LogP contribution in [0.5, 0.6) is 17.2 Å². The van der Waals surface area contributed by atoms with Crippen molar-refractivity contribution in [1.82, 2.24) is 0 Å². The molecule has 4 aromatic rings. The van der Waals surface area contributed by atoms with Crippen molar-refractivity contribution in [2.24, 2.45) is 0 Å². The van der Waals surface area contributed by atoms with E-state index in [-0.39, 0.29) is 19.6 Å². The number of carbonyl (C=O) groups excluding carboxylic acids is 1. The molecule has 0 saturated heterocycles. The summed E-state index contributed by atoms with van der Waals surface area (Å²) in [5.74, 6) is 0.438. The molecule has 50 heavy (non-hydrogen) atoms. The van der Waals surface area contributed by atoms with Crippen molar-refractivity contribution in [3.63, 3.8) is 0 Å². The number of carboxylic acid groups (broad SMARTS) is 1. The summed E-state index contributed by atoms with van der Waals surface area (Å²) in [6.07, 6.45) is 11.1. The van der Waals surface area contributed by atoms with Crippen LogP contribution in [0.1, 0.15) is 58.8 Å². The second-order valence-corrected chi connectivity index (χ2v) is 11.3. The second-order valence-electron chi connectivity index (χ2n) is 11.3. The number of ether oxygens (including phenoxy) is 4. The second kappa shape index (κ2) is 21.9. The van der Waals surface area contributed by atoms with Crippen LogP contribution in [0.2, 0.25) is 0 Å². The van der Waals surface area contributed by atoms with Crippen LogP contribution in [-0.2, 0) is 29.4 Å². The summed E-state index contributed by atoms with van der Waals surface area (Å²) in [7, 11) is 0. The van der Waals surface area contributed by atoms with Gasteiger partial charge in [0, 0.05) is 12.5 Å². The first-order valence-electron chi connectivity index (χ1n) is 16.5. The van der Waals surface area contributed by atoms with Crippen molar-refractivity contribution >= 4 is 11.9 Å². The predicted molar refractivity (Wildman–Crippen MR) is 199 cm³/mol. The summed E-state index contributed by atoms with van der Waals surface area (Å²) in [6.45, 7) is 12.7. The molecule has 4 aromatic carbocycles. The van der Waals surface area contributed by atoms with Crippen molar-refractivity contribution in [3.05, 3.63) is 174 Å². The van der Waals surface area contributed by atoms with Gasteiger partial charge in [-0.3, -0.25) is 4.79 Å². The van der Waals surface area contributed by atoms with E-state index in [2.05, 4.69) is 13.2 Å². The van der Waals surface area contributed by atoms with Crippen LogP contribution in [0, 0.1) is 6.92 Å². The maximum Gasteiger partial charge on any atom is 0.342 e. The molecule has 1 N–H and O–H groups in total. The van der Waals surface area contributed by atoms with Crippen molar-refractivity contribution in [1.29, 1.82) is 0 Å². The van der Waals surface area contributed by atoms with E-state index in [1.807, 2.05) is 111 Å². The third-order valence-electron chi connectivity index (χ3n) is 7.23. The van der Waals surface area contributed by atoms with Gasteiger partial charge in [0.1, 0.15) is 49.2 Å². The van der Waals surface area contributed by atoms with Gasteiger partial charge in [-0.05, 0) is 78.8 Å². The Hall–Kier alpha value is -5.82. The average molecular weight is 675 g/mol. The molecule has 0 unspecified atom stereocenters. The van der Waals surface area contributed by atoms with Crippen LogP contribution < -0.4 is 14.2 Å². The Balaban J connectivity index is 0.000000661. The fraction of sp³-hybridized carbons (Fsp3) is 0.209. The monoisotopic (exact) mass is 674 g/mol. The lowest BCUT2D eigenvalue weighted by atomic mass is 10.1. The molecule has 7 nitrogen and oxygen atoms in total. The van der Waals surface area contributed by atoms with E-state index in [0.717, 1.165) is 40.7 Å². The third kappa shape index (κ3) is 14.5. The first kappa shape index (κ1) is 38.6. The minimum Gasteiger partial charge on any atom is -0.489 e. The Morgan fingerprint density at radius 3 is 2.08 bits per heavy atom. The van der Waals surface area contributed by atoms with Crippen LogP contribution >= 0.6 is 0 Å². The number of carbonyl (C=O) groups is 2. The molecule has 0 saturated carbocycles. The highest BCUT2D eigenvalue weighted by Crippen LogP contribution is 2.28. The van der Waals surface area contributed by atoms with Gasteiger partial charge in [0.15, 0.2) is 0 Å². The quantitative estimate of drug-likeness (QED) is 0.0486. The Morgan fingerprint density at radius 2 is 1.44 bits per heavy atom. The highest BCUT2D eigenvalue weighted by molar-refractivity contribution is 5.92. The number of rotatable bonds is 18. The van der Waals surface area contributed by atoms with Gasteiger partial charge < -0.3 is 24.1 Å². The number of carboxylic acids is 1. The zero-order valence-electron chi connectivity index (χ0n) is 28.9. The van der Waals surface area contributed by atoms with Gasteiger partial charge in [0.2, 0.25) is 0 Å². The highest BCUT2D eigenvalue weighted by atomic mass is 16.5. The van der Waals surface area contributed by atoms with E-state index >= 15 is 0 Å². The molecule has 0 aromatic heterocycles. The minimum atomic E-state index is -0.709. The fourth-order valence-corrected chi connectivity index (χ4v) is 4.44. The number of aliphatic carboxylic acids is 1. The molecule has 0 aliphatic heterocycles. The van der Waals surface area contributed by atoms with Gasteiger partial charge in [0.25, 0.3) is 0 Å². The highest BCUT2D eigenvalue weighted by Gasteiger charge is 2.17. The first-order valence-corrected chi connectivity index (χ1v) is 16.5. The lowest BCUT2D eigenvalue weighted by Crippen LogP contribution is -2.10. The Bertz CT molecular complexity index is 1720. The summed E-state index contributed by atoms with van der Waals surface area (Å²) >= 11 is 0. The summed E-state index contributed by atoms with van der Waals surface area (Å²) < 4.78 is 23.6. The number of aryl methyl sites for hydroxylation is 1. The predicted octanol–water partition coefficient (Wildman–Crippen LogP) is 10.0. The zero-order chi connectivity index (χ0) is 36.0. The largest absolute Gasteiger partial charge is 0.489 e. The molecule has 7 heteroatoms. The van der Waals surface area contributed by atoms with Gasteiger partial charge in [-0.2, -0.15) is 0 Å². The molecule has 0 aliphatic rings. The molecular weight excluding hydrogens is 628 g/mol. The fourth-order valence-electron chi connectivity index (χ4n) is 4.44. The van der Waals surface area contributed by atoms with E-state index in [0.29, 0.717) is 36.0 Å². The minimum absolute atomic E-state index is 0.0963. The first-order chi connectivity index (χ1) is 24.3. The average Bonchev–Trinajstić information content (AvgIpc) is 3.14. The molecule has 0 atom stereocenters. The standard InChI is InChI=1S/C36H34O5.C7H12O2/c1-4-5-12-27(2)23-38-33-19-20-34(35(22-33)40-25-30-15-10-7-11-16-30)36(37)41-26-31-21-32(18-17-28(31)3)39-24-29-13-8-6-9-14-29;1-2-3-4-5-6-7(8)9/h4-22H,1-2,23-26H2,3H3;2-3H,4-6H2,1H3,(H,8,9)/b12-5-;3-2-. The maximum atomic E-state index is 13.2. The van der Waals surface area contributed by atoms with Crippen molar-refractivity contribution in [3.8, 4) is 17.2 Å². The van der Waals surface area contributed by atoms with E-state index in [1.54, 1.807) is 30.4 Å². The third-order valence-corrected chi connectivity index (χ3v) is 7.23. The molecule has 260 valence electrons. The SMILES string of the molecule is C/C=C\CCCC(=O)O.C=C/C=C\C(=C)COc1ccc(C(=O)OCc2cc(OCc3ccccc3)ccc2C)c(OCc2ccccc2)c1. The Kier molecular flexibility index (Phi) is 16.9. The van der Waals surface area contributed by atoms with Crippen LogP contribution in [-0.4, -0.2) is 23.7 Å². The molecular formula is C43H46O7. The Labute approximate surface area is 295 Å².